The standard InChI is InChI=1S/C61H102O6/c1-4-7-10-13-16-19-22-25-26-27-28-29-30-31-32-33-34-35-36-37-40-42-45-48-51-54-60(63)66-57-58(67-61(64)55-52-49-46-43-39-24-21-18-15-12-9-6-3)56-65-59(62)53-50-47-44-41-38-23-20-17-14-11-8-5-2/h7,10,16-21,25-26,28-29,31-32,34-35,58H,4-6,8-9,11-15,22-24,27,30,33,36-57H2,1-3H3/b10-7-,19-16-,20-17-,21-18-,26-25-,29-28-,32-31-,35-34-. The first-order valence-corrected chi connectivity index (χ1v) is 27.7. The number of rotatable bonds is 49. The summed E-state index contributed by atoms with van der Waals surface area (Å²) in [4.78, 5) is 38.0. The summed E-state index contributed by atoms with van der Waals surface area (Å²) in [6, 6.07) is 0. The SMILES string of the molecule is CC/C=C\C/C=C\C/C=C\C/C=C\C/C=C\C/C=C\CCCCCCCCC(=O)OCC(COC(=O)CCCCCCC/C=C\CCCCC)OC(=O)CCCCCCC/C=C\CCCCC. The Hall–Kier alpha value is -3.67. The molecule has 67 heavy (non-hydrogen) atoms. The summed E-state index contributed by atoms with van der Waals surface area (Å²) in [5.74, 6) is -0.924. The van der Waals surface area contributed by atoms with Gasteiger partial charge in [0.15, 0.2) is 6.10 Å². The fourth-order valence-electron chi connectivity index (χ4n) is 7.37. The summed E-state index contributed by atoms with van der Waals surface area (Å²) < 4.78 is 16.8. The van der Waals surface area contributed by atoms with Gasteiger partial charge in [0.1, 0.15) is 13.2 Å². The Kier molecular flexibility index (Phi) is 51.9. The minimum absolute atomic E-state index is 0.0903. The van der Waals surface area contributed by atoms with Gasteiger partial charge in [-0.1, -0.05) is 208 Å². The Morgan fingerprint density at radius 2 is 0.582 bits per heavy atom. The van der Waals surface area contributed by atoms with Crippen LogP contribution in [-0.2, 0) is 28.6 Å². The van der Waals surface area contributed by atoms with Crippen molar-refractivity contribution in [3.05, 3.63) is 97.2 Å². The van der Waals surface area contributed by atoms with Gasteiger partial charge in [-0.25, -0.2) is 0 Å². The van der Waals surface area contributed by atoms with Crippen molar-refractivity contribution in [2.24, 2.45) is 0 Å². The summed E-state index contributed by atoms with van der Waals surface area (Å²) in [5.41, 5.74) is 0. The van der Waals surface area contributed by atoms with E-state index in [1.54, 1.807) is 0 Å². The number of hydrogen-bond acceptors (Lipinski definition) is 6. The van der Waals surface area contributed by atoms with Crippen LogP contribution >= 0.6 is 0 Å². The van der Waals surface area contributed by atoms with E-state index in [1.165, 1.54) is 83.5 Å². The lowest BCUT2D eigenvalue weighted by atomic mass is 10.1. The largest absolute Gasteiger partial charge is 0.462 e. The van der Waals surface area contributed by atoms with E-state index in [9.17, 15) is 14.4 Å². The number of ether oxygens (including phenoxy) is 3. The third-order valence-corrected chi connectivity index (χ3v) is 11.5. The molecular formula is C61H102O6. The number of hydrogen-bond donors (Lipinski definition) is 0. The van der Waals surface area contributed by atoms with Gasteiger partial charge in [-0.15, -0.1) is 0 Å². The van der Waals surface area contributed by atoms with Crippen molar-refractivity contribution in [1.29, 1.82) is 0 Å². The second kappa shape index (κ2) is 54.9. The molecule has 0 fully saturated rings. The van der Waals surface area contributed by atoms with Gasteiger partial charge in [0.2, 0.25) is 0 Å². The molecule has 382 valence electrons. The topological polar surface area (TPSA) is 78.9 Å². The van der Waals surface area contributed by atoms with Crippen LogP contribution in [0.1, 0.15) is 252 Å². The van der Waals surface area contributed by atoms with E-state index in [4.69, 9.17) is 14.2 Å². The maximum Gasteiger partial charge on any atom is 0.306 e. The predicted molar refractivity (Wildman–Crippen MR) is 288 cm³/mol. The highest BCUT2D eigenvalue weighted by Crippen LogP contribution is 2.14. The van der Waals surface area contributed by atoms with Gasteiger partial charge in [0.05, 0.1) is 0 Å². The molecule has 0 spiro atoms. The van der Waals surface area contributed by atoms with E-state index in [1.807, 2.05) is 0 Å². The van der Waals surface area contributed by atoms with E-state index >= 15 is 0 Å². The molecule has 0 bridgehead atoms. The molecule has 6 nitrogen and oxygen atoms in total. The Labute approximate surface area is 413 Å². The first-order chi connectivity index (χ1) is 33.0. The minimum atomic E-state index is -0.791. The number of unbranched alkanes of at least 4 members (excludes halogenated alkanes) is 22. The van der Waals surface area contributed by atoms with Crippen LogP contribution in [0.4, 0.5) is 0 Å². The van der Waals surface area contributed by atoms with Gasteiger partial charge >= 0.3 is 17.9 Å². The highest BCUT2D eigenvalue weighted by molar-refractivity contribution is 5.71. The molecule has 0 saturated carbocycles. The van der Waals surface area contributed by atoms with Gasteiger partial charge in [0.25, 0.3) is 0 Å². The molecule has 1 unspecified atom stereocenters. The molecule has 6 heteroatoms. The lowest BCUT2D eigenvalue weighted by molar-refractivity contribution is -0.167. The fourth-order valence-corrected chi connectivity index (χ4v) is 7.37. The Morgan fingerprint density at radius 1 is 0.313 bits per heavy atom. The zero-order valence-electron chi connectivity index (χ0n) is 43.6. The Balaban J connectivity index is 4.33. The van der Waals surface area contributed by atoms with E-state index in [2.05, 4.69) is 118 Å². The van der Waals surface area contributed by atoms with Crippen LogP contribution in [0, 0.1) is 0 Å². The molecular weight excluding hydrogens is 829 g/mol. The van der Waals surface area contributed by atoms with Crippen molar-refractivity contribution in [3.63, 3.8) is 0 Å². The van der Waals surface area contributed by atoms with Crippen LogP contribution in [0.25, 0.3) is 0 Å². The lowest BCUT2D eigenvalue weighted by Crippen LogP contribution is -2.30. The highest BCUT2D eigenvalue weighted by Gasteiger charge is 2.19. The van der Waals surface area contributed by atoms with Crippen molar-refractivity contribution in [2.75, 3.05) is 13.2 Å². The molecule has 0 saturated heterocycles. The molecule has 0 aromatic heterocycles. The number of allylic oxidation sites excluding steroid dienone is 16. The summed E-state index contributed by atoms with van der Waals surface area (Å²) in [6.07, 6.45) is 72.5. The summed E-state index contributed by atoms with van der Waals surface area (Å²) in [7, 11) is 0. The summed E-state index contributed by atoms with van der Waals surface area (Å²) >= 11 is 0. The second-order valence-corrected chi connectivity index (χ2v) is 18.1. The van der Waals surface area contributed by atoms with E-state index in [0.29, 0.717) is 19.3 Å². The Bertz CT molecular complexity index is 1350. The quantitative estimate of drug-likeness (QED) is 0.0262. The molecule has 0 radical (unpaired) electrons. The summed E-state index contributed by atoms with van der Waals surface area (Å²) in [5, 5.41) is 0. The molecule has 1 atom stereocenters. The van der Waals surface area contributed by atoms with E-state index in [-0.39, 0.29) is 31.1 Å². The van der Waals surface area contributed by atoms with Crippen LogP contribution in [0.15, 0.2) is 97.2 Å². The summed E-state index contributed by atoms with van der Waals surface area (Å²) in [6.45, 7) is 6.44. The predicted octanol–water partition coefficient (Wildman–Crippen LogP) is 18.5. The van der Waals surface area contributed by atoms with Crippen LogP contribution in [0.5, 0.6) is 0 Å². The van der Waals surface area contributed by atoms with Crippen molar-refractivity contribution in [3.8, 4) is 0 Å². The van der Waals surface area contributed by atoms with Crippen LogP contribution in [0.2, 0.25) is 0 Å². The number of esters is 3. The van der Waals surface area contributed by atoms with Crippen molar-refractivity contribution >= 4 is 17.9 Å². The zero-order valence-corrected chi connectivity index (χ0v) is 43.6. The molecule has 0 rings (SSSR count). The van der Waals surface area contributed by atoms with Gasteiger partial charge in [-0.05, 0) is 122 Å². The molecule has 0 amide bonds. The molecule has 0 heterocycles. The third-order valence-electron chi connectivity index (χ3n) is 11.5. The normalized spacial score (nSPS) is 12.8. The van der Waals surface area contributed by atoms with Crippen molar-refractivity contribution in [1.82, 2.24) is 0 Å². The number of carbonyl (C=O) groups excluding carboxylic acids is 3. The Morgan fingerprint density at radius 3 is 0.925 bits per heavy atom. The molecule has 0 aliphatic carbocycles. The van der Waals surface area contributed by atoms with Crippen molar-refractivity contribution in [2.45, 2.75) is 258 Å². The highest BCUT2D eigenvalue weighted by atomic mass is 16.6. The fraction of sp³-hybridized carbons (Fsp3) is 0.689. The van der Waals surface area contributed by atoms with Gasteiger partial charge in [0, 0.05) is 19.3 Å². The maximum absolute atomic E-state index is 12.8. The maximum atomic E-state index is 12.8. The van der Waals surface area contributed by atoms with Crippen LogP contribution in [-0.4, -0.2) is 37.2 Å². The van der Waals surface area contributed by atoms with E-state index in [0.717, 1.165) is 128 Å². The zero-order chi connectivity index (χ0) is 48.6. The smallest absolute Gasteiger partial charge is 0.306 e. The average Bonchev–Trinajstić information content (AvgIpc) is 3.33. The van der Waals surface area contributed by atoms with Gasteiger partial charge in [-0.3, -0.25) is 14.4 Å². The van der Waals surface area contributed by atoms with Crippen LogP contribution in [0.3, 0.4) is 0 Å². The monoisotopic (exact) mass is 931 g/mol. The average molecular weight is 931 g/mol. The van der Waals surface area contributed by atoms with Crippen molar-refractivity contribution < 1.29 is 28.6 Å². The molecule has 0 aromatic rings. The van der Waals surface area contributed by atoms with Gasteiger partial charge < -0.3 is 14.2 Å². The lowest BCUT2D eigenvalue weighted by Gasteiger charge is -2.18. The molecule has 0 aliphatic rings. The van der Waals surface area contributed by atoms with Gasteiger partial charge in [-0.2, -0.15) is 0 Å². The molecule has 0 aliphatic heterocycles. The first kappa shape index (κ1) is 63.3. The minimum Gasteiger partial charge on any atom is -0.462 e. The number of carbonyl (C=O) groups is 3. The third kappa shape index (κ3) is 53.2. The second-order valence-electron chi connectivity index (χ2n) is 18.1. The van der Waals surface area contributed by atoms with E-state index < -0.39 is 6.10 Å². The van der Waals surface area contributed by atoms with Crippen LogP contribution < -0.4 is 0 Å². The molecule has 0 aromatic carbocycles. The molecule has 0 N–H and O–H groups in total. The first-order valence-electron chi connectivity index (χ1n) is 27.7.